The third-order valence-electron chi connectivity index (χ3n) is 5.74. The van der Waals surface area contributed by atoms with E-state index < -0.39 is 0 Å². The molecule has 0 nitrogen and oxygen atoms in total. The Kier molecular flexibility index (Phi) is 7.17. The van der Waals surface area contributed by atoms with Gasteiger partial charge in [-0.05, 0) is 63.2 Å². The van der Waals surface area contributed by atoms with Crippen LogP contribution in [0.25, 0.3) is 45.2 Å². The highest BCUT2D eigenvalue weighted by Crippen LogP contribution is 2.26. The molecule has 0 aliphatic heterocycles. The second-order valence-corrected chi connectivity index (χ2v) is 8.01. The maximum atomic E-state index is 2.27. The molecular formula is C33H30. The van der Waals surface area contributed by atoms with Gasteiger partial charge in [0.2, 0.25) is 0 Å². The Balaban J connectivity index is 0.00000126. The van der Waals surface area contributed by atoms with Crippen LogP contribution < -0.4 is 0 Å². The van der Waals surface area contributed by atoms with Crippen molar-refractivity contribution in [3.63, 3.8) is 0 Å². The number of fused-ring (bicyclic) bond motifs is 1. The first-order chi connectivity index (χ1) is 16.2. The average molecular weight is 427 g/mol. The number of rotatable bonds is 4. The maximum Gasteiger partial charge on any atom is -0.0177 e. The van der Waals surface area contributed by atoms with Crippen molar-refractivity contribution in [3.8, 4) is 22.3 Å². The second kappa shape index (κ2) is 10.6. The van der Waals surface area contributed by atoms with E-state index in [1.807, 2.05) is 13.8 Å². The second-order valence-electron chi connectivity index (χ2n) is 8.01. The fourth-order valence-electron chi connectivity index (χ4n) is 3.90. The van der Waals surface area contributed by atoms with E-state index in [2.05, 4.69) is 134 Å². The predicted octanol–water partition coefficient (Wildman–Crippen LogP) is 9.68. The lowest BCUT2D eigenvalue weighted by Gasteiger charge is -2.05. The largest absolute Gasteiger partial charge is 0.0683 e. The van der Waals surface area contributed by atoms with E-state index in [1.54, 1.807) is 0 Å². The van der Waals surface area contributed by atoms with Gasteiger partial charge in [-0.15, -0.1) is 0 Å². The van der Waals surface area contributed by atoms with Crippen LogP contribution in [0, 0.1) is 6.92 Å². The smallest absolute Gasteiger partial charge is 0.0177 e. The van der Waals surface area contributed by atoms with E-state index in [-0.39, 0.29) is 0 Å². The summed E-state index contributed by atoms with van der Waals surface area (Å²) in [5.41, 5.74) is 8.71. The Hall–Kier alpha value is -3.90. The Morgan fingerprint density at radius 1 is 0.424 bits per heavy atom. The molecule has 0 aliphatic rings. The predicted molar refractivity (Wildman–Crippen MR) is 146 cm³/mol. The molecule has 0 amide bonds. The van der Waals surface area contributed by atoms with Crippen molar-refractivity contribution in [2.24, 2.45) is 0 Å². The van der Waals surface area contributed by atoms with E-state index in [9.17, 15) is 0 Å². The molecule has 33 heavy (non-hydrogen) atoms. The summed E-state index contributed by atoms with van der Waals surface area (Å²) >= 11 is 0. The standard InChI is InChI=1S/C31H24.C2H6/c1-23-7-14-27(15-8-23)28-16-11-24(12-17-28)9-10-25-13-18-31-22-30(20-19-29(31)21-25)26-5-3-2-4-6-26;1-2/h2-22H,1H3;1-2H3/b10-9+;. The Morgan fingerprint density at radius 2 is 0.909 bits per heavy atom. The van der Waals surface area contributed by atoms with E-state index in [0.717, 1.165) is 0 Å². The molecule has 162 valence electrons. The summed E-state index contributed by atoms with van der Waals surface area (Å²) in [6.07, 6.45) is 4.36. The number of hydrogen-bond acceptors (Lipinski definition) is 0. The van der Waals surface area contributed by atoms with E-state index in [4.69, 9.17) is 0 Å². The van der Waals surface area contributed by atoms with Gasteiger partial charge in [0, 0.05) is 0 Å². The van der Waals surface area contributed by atoms with E-state index in [1.165, 1.54) is 49.7 Å². The fourth-order valence-corrected chi connectivity index (χ4v) is 3.90. The summed E-state index contributed by atoms with van der Waals surface area (Å²) < 4.78 is 0. The minimum Gasteiger partial charge on any atom is -0.0683 e. The number of aryl methyl sites for hydroxylation is 1. The maximum absolute atomic E-state index is 2.27. The van der Waals surface area contributed by atoms with Crippen molar-refractivity contribution in [1.82, 2.24) is 0 Å². The zero-order chi connectivity index (χ0) is 23.0. The molecule has 0 unspecified atom stereocenters. The van der Waals surface area contributed by atoms with Crippen LogP contribution in [0.5, 0.6) is 0 Å². The van der Waals surface area contributed by atoms with Gasteiger partial charge in [0.1, 0.15) is 0 Å². The Bertz CT molecular complexity index is 1340. The van der Waals surface area contributed by atoms with Gasteiger partial charge in [0.15, 0.2) is 0 Å². The van der Waals surface area contributed by atoms with Gasteiger partial charge in [0.25, 0.3) is 0 Å². The number of benzene rings is 5. The molecular weight excluding hydrogens is 396 g/mol. The molecule has 0 aromatic heterocycles. The fraction of sp³-hybridized carbons (Fsp3) is 0.0909. The lowest BCUT2D eigenvalue weighted by molar-refractivity contribution is 1.47. The normalized spacial score (nSPS) is 10.8. The van der Waals surface area contributed by atoms with Gasteiger partial charge >= 0.3 is 0 Å². The molecule has 0 heterocycles. The summed E-state index contributed by atoms with van der Waals surface area (Å²) in [4.78, 5) is 0. The van der Waals surface area contributed by atoms with Crippen molar-refractivity contribution in [3.05, 3.63) is 132 Å². The average Bonchev–Trinajstić information content (AvgIpc) is 2.89. The van der Waals surface area contributed by atoms with Crippen LogP contribution in [0.4, 0.5) is 0 Å². The lowest BCUT2D eigenvalue weighted by atomic mass is 9.99. The van der Waals surface area contributed by atoms with Crippen molar-refractivity contribution < 1.29 is 0 Å². The molecule has 0 aliphatic carbocycles. The molecule has 5 aromatic carbocycles. The molecule has 5 rings (SSSR count). The quantitative estimate of drug-likeness (QED) is 0.251. The van der Waals surface area contributed by atoms with Crippen molar-refractivity contribution in [2.75, 3.05) is 0 Å². The highest BCUT2D eigenvalue weighted by molar-refractivity contribution is 5.89. The molecule has 0 spiro atoms. The first kappa shape index (κ1) is 22.3. The van der Waals surface area contributed by atoms with Crippen LogP contribution in [0.2, 0.25) is 0 Å². The zero-order valence-electron chi connectivity index (χ0n) is 19.6. The Labute approximate surface area is 197 Å². The highest BCUT2D eigenvalue weighted by Gasteiger charge is 2.01. The third kappa shape index (κ3) is 5.48. The SMILES string of the molecule is CC.Cc1ccc(-c2ccc(/C=C/c3ccc4cc(-c5ccccc5)ccc4c3)cc2)cc1. The van der Waals surface area contributed by atoms with Crippen LogP contribution in [0.3, 0.4) is 0 Å². The van der Waals surface area contributed by atoms with Crippen LogP contribution in [-0.4, -0.2) is 0 Å². The monoisotopic (exact) mass is 426 g/mol. The molecule has 0 heteroatoms. The van der Waals surface area contributed by atoms with E-state index in [0.29, 0.717) is 0 Å². The minimum absolute atomic E-state index is 1.20. The molecule has 0 bridgehead atoms. The van der Waals surface area contributed by atoms with Crippen LogP contribution >= 0.6 is 0 Å². The lowest BCUT2D eigenvalue weighted by Crippen LogP contribution is -1.81. The van der Waals surface area contributed by atoms with Gasteiger partial charge < -0.3 is 0 Å². The first-order valence-electron chi connectivity index (χ1n) is 11.7. The summed E-state index contributed by atoms with van der Waals surface area (Å²) in [6.45, 7) is 6.12. The molecule has 0 atom stereocenters. The highest BCUT2D eigenvalue weighted by atomic mass is 14.1. The zero-order valence-corrected chi connectivity index (χ0v) is 19.6. The van der Waals surface area contributed by atoms with E-state index >= 15 is 0 Å². The molecule has 0 radical (unpaired) electrons. The summed E-state index contributed by atoms with van der Waals surface area (Å²) in [5, 5.41) is 2.53. The van der Waals surface area contributed by atoms with Crippen molar-refractivity contribution >= 4 is 22.9 Å². The minimum atomic E-state index is 1.20. The van der Waals surface area contributed by atoms with Crippen molar-refractivity contribution in [2.45, 2.75) is 20.8 Å². The third-order valence-corrected chi connectivity index (χ3v) is 5.74. The summed E-state index contributed by atoms with van der Waals surface area (Å²) in [7, 11) is 0. The molecule has 0 saturated carbocycles. The van der Waals surface area contributed by atoms with Crippen molar-refractivity contribution in [1.29, 1.82) is 0 Å². The summed E-state index contributed by atoms with van der Waals surface area (Å²) in [5.74, 6) is 0. The van der Waals surface area contributed by atoms with Gasteiger partial charge in [0.05, 0.1) is 0 Å². The molecule has 0 N–H and O–H groups in total. The van der Waals surface area contributed by atoms with Crippen LogP contribution in [0.1, 0.15) is 30.5 Å². The van der Waals surface area contributed by atoms with Gasteiger partial charge in [-0.1, -0.05) is 135 Å². The first-order valence-corrected chi connectivity index (χ1v) is 11.7. The molecule has 0 fully saturated rings. The van der Waals surface area contributed by atoms with Gasteiger partial charge in [-0.2, -0.15) is 0 Å². The van der Waals surface area contributed by atoms with Gasteiger partial charge in [-0.25, -0.2) is 0 Å². The Morgan fingerprint density at radius 3 is 1.61 bits per heavy atom. The number of hydrogen-bond donors (Lipinski definition) is 0. The topological polar surface area (TPSA) is 0 Å². The van der Waals surface area contributed by atoms with Crippen LogP contribution in [-0.2, 0) is 0 Å². The molecule has 5 aromatic rings. The van der Waals surface area contributed by atoms with Gasteiger partial charge in [-0.3, -0.25) is 0 Å². The summed E-state index contributed by atoms with van der Waals surface area (Å²) in [6, 6.07) is 41.3. The molecule has 0 saturated heterocycles. The van der Waals surface area contributed by atoms with Crippen LogP contribution in [0.15, 0.2) is 115 Å².